The molecular formula is C22H20N4O2. The van der Waals surface area contributed by atoms with Gasteiger partial charge in [0.05, 0.1) is 16.6 Å². The molecule has 4 rings (SSSR count). The Bertz CT molecular complexity index is 1020. The molecular weight excluding hydrogens is 352 g/mol. The monoisotopic (exact) mass is 372 g/mol. The van der Waals surface area contributed by atoms with Gasteiger partial charge in [0, 0.05) is 13.1 Å². The number of H-pyrrole nitrogens is 1. The SMILES string of the molecule is N#C/C(=C\c1ccc(OCC(=O)N2CCCC2)cc1)c1nc2ccccc2[nH]1. The summed E-state index contributed by atoms with van der Waals surface area (Å²) in [6.07, 6.45) is 3.91. The number of ether oxygens (including phenoxy) is 1. The van der Waals surface area contributed by atoms with Gasteiger partial charge in [-0.3, -0.25) is 4.79 Å². The highest BCUT2D eigenvalue weighted by Gasteiger charge is 2.18. The van der Waals surface area contributed by atoms with Gasteiger partial charge in [-0.2, -0.15) is 5.26 Å². The zero-order valence-corrected chi connectivity index (χ0v) is 15.4. The molecule has 0 bridgehead atoms. The molecule has 0 aliphatic carbocycles. The van der Waals surface area contributed by atoms with E-state index >= 15 is 0 Å². The molecule has 6 heteroatoms. The molecule has 1 N–H and O–H groups in total. The van der Waals surface area contributed by atoms with E-state index in [2.05, 4.69) is 16.0 Å². The molecule has 6 nitrogen and oxygen atoms in total. The lowest BCUT2D eigenvalue weighted by Crippen LogP contribution is -2.32. The minimum Gasteiger partial charge on any atom is -0.484 e. The van der Waals surface area contributed by atoms with E-state index in [0.29, 0.717) is 17.1 Å². The second kappa shape index (κ2) is 7.97. The molecule has 0 radical (unpaired) electrons. The zero-order valence-electron chi connectivity index (χ0n) is 15.4. The number of benzene rings is 2. The third-order valence-corrected chi connectivity index (χ3v) is 4.78. The predicted octanol–water partition coefficient (Wildman–Crippen LogP) is 3.63. The first-order chi connectivity index (χ1) is 13.7. The van der Waals surface area contributed by atoms with Gasteiger partial charge in [0.25, 0.3) is 5.91 Å². The first-order valence-corrected chi connectivity index (χ1v) is 9.30. The van der Waals surface area contributed by atoms with Crippen LogP contribution < -0.4 is 4.74 Å². The lowest BCUT2D eigenvalue weighted by Gasteiger charge is -2.15. The van der Waals surface area contributed by atoms with Gasteiger partial charge in [-0.05, 0) is 48.7 Å². The Labute approximate surface area is 163 Å². The van der Waals surface area contributed by atoms with E-state index in [9.17, 15) is 10.1 Å². The molecule has 2 aromatic carbocycles. The smallest absolute Gasteiger partial charge is 0.260 e. The third-order valence-electron chi connectivity index (χ3n) is 4.78. The average molecular weight is 372 g/mol. The molecule has 2 heterocycles. The van der Waals surface area contributed by atoms with Crippen molar-refractivity contribution in [1.29, 1.82) is 5.26 Å². The molecule has 1 fully saturated rings. The van der Waals surface area contributed by atoms with E-state index in [1.807, 2.05) is 41.3 Å². The number of hydrogen-bond acceptors (Lipinski definition) is 4. The van der Waals surface area contributed by atoms with E-state index in [1.165, 1.54) is 0 Å². The van der Waals surface area contributed by atoms with Gasteiger partial charge in [-0.15, -0.1) is 0 Å². The van der Waals surface area contributed by atoms with Gasteiger partial charge < -0.3 is 14.6 Å². The molecule has 0 spiro atoms. The number of carbonyl (C=O) groups is 1. The molecule has 1 aliphatic rings. The minimum absolute atomic E-state index is 0.0260. The Morgan fingerprint density at radius 2 is 1.93 bits per heavy atom. The Kier molecular flexibility index (Phi) is 5.07. The number of nitrogens with zero attached hydrogens (tertiary/aromatic N) is 3. The van der Waals surface area contributed by atoms with E-state index < -0.39 is 0 Å². The Hall–Kier alpha value is -3.59. The molecule has 1 aliphatic heterocycles. The molecule has 0 saturated carbocycles. The van der Waals surface area contributed by atoms with Crippen molar-refractivity contribution in [2.24, 2.45) is 0 Å². The fourth-order valence-corrected chi connectivity index (χ4v) is 3.26. The van der Waals surface area contributed by atoms with E-state index in [1.54, 1.807) is 18.2 Å². The van der Waals surface area contributed by atoms with Crippen LogP contribution in [0.5, 0.6) is 5.75 Å². The first kappa shape index (κ1) is 17.8. The van der Waals surface area contributed by atoms with Crippen LogP contribution in [0.25, 0.3) is 22.7 Å². The van der Waals surface area contributed by atoms with Crippen LogP contribution in [-0.4, -0.2) is 40.5 Å². The highest BCUT2D eigenvalue weighted by Crippen LogP contribution is 2.20. The van der Waals surface area contributed by atoms with Crippen molar-refractivity contribution in [3.05, 3.63) is 59.9 Å². The summed E-state index contributed by atoms with van der Waals surface area (Å²) >= 11 is 0. The molecule has 28 heavy (non-hydrogen) atoms. The van der Waals surface area contributed by atoms with Crippen molar-refractivity contribution in [3.8, 4) is 11.8 Å². The van der Waals surface area contributed by atoms with Crippen LogP contribution >= 0.6 is 0 Å². The third kappa shape index (κ3) is 3.89. The van der Waals surface area contributed by atoms with Crippen LogP contribution in [0.3, 0.4) is 0 Å². The molecule has 1 saturated heterocycles. The van der Waals surface area contributed by atoms with Crippen molar-refractivity contribution in [2.45, 2.75) is 12.8 Å². The van der Waals surface area contributed by atoms with Crippen molar-refractivity contribution >= 4 is 28.6 Å². The number of amides is 1. The number of fused-ring (bicyclic) bond motifs is 1. The summed E-state index contributed by atoms with van der Waals surface area (Å²) in [5, 5.41) is 9.52. The standard InChI is InChI=1S/C22H20N4O2/c23-14-17(22-24-19-5-1-2-6-20(19)25-22)13-16-7-9-18(10-8-16)28-15-21(27)26-11-3-4-12-26/h1-2,5-10,13H,3-4,11-12,15H2,(H,24,25)/b17-13+. The van der Waals surface area contributed by atoms with Crippen LogP contribution in [-0.2, 0) is 4.79 Å². The van der Waals surface area contributed by atoms with Crippen LogP contribution in [0.15, 0.2) is 48.5 Å². The Morgan fingerprint density at radius 1 is 1.18 bits per heavy atom. The predicted molar refractivity (Wildman–Crippen MR) is 107 cm³/mol. The maximum absolute atomic E-state index is 12.0. The number of aromatic amines is 1. The van der Waals surface area contributed by atoms with Crippen molar-refractivity contribution < 1.29 is 9.53 Å². The summed E-state index contributed by atoms with van der Waals surface area (Å²) in [6.45, 7) is 1.70. The van der Waals surface area contributed by atoms with Gasteiger partial charge >= 0.3 is 0 Å². The topological polar surface area (TPSA) is 82.0 Å². The highest BCUT2D eigenvalue weighted by atomic mass is 16.5. The normalized spacial score (nSPS) is 14.2. The van der Waals surface area contributed by atoms with Gasteiger partial charge in [0.2, 0.25) is 0 Å². The fraction of sp³-hybridized carbons (Fsp3) is 0.227. The number of hydrogen-bond donors (Lipinski definition) is 1. The summed E-state index contributed by atoms with van der Waals surface area (Å²) in [6, 6.07) is 17.2. The highest BCUT2D eigenvalue weighted by molar-refractivity contribution is 5.90. The van der Waals surface area contributed by atoms with Gasteiger partial charge in [0.1, 0.15) is 17.6 Å². The number of imidazole rings is 1. The first-order valence-electron chi connectivity index (χ1n) is 9.30. The Balaban J connectivity index is 1.45. The molecule has 1 amide bonds. The van der Waals surface area contributed by atoms with Crippen LogP contribution in [0.4, 0.5) is 0 Å². The second-order valence-corrected chi connectivity index (χ2v) is 6.72. The number of aromatic nitrogens is 2. The number of allylic oxidation sites excluding steroid dienone is 1. The summed E-state index contributed by atoms with van der Waals surface area (Å²) in [5.41, 5.74) is 3.03. The fourth-order valence-electron chi connectivity index (χ4n) is 3.26. The zero-order chi connectivity index (χ0) is 19.3. The lowest BCUT2D eigenvalue weighted by atomic mass is 10.1. The van der Waals surface area contributed by atoms with Crippen LogP contribution in [0.2, 0.25) is 0 Å². The minimum atomic E-state index is 0.0260. The van der Waals surface area contributed by atoms with E-state index in [4.69, 9.17) is 4.74 Å². The molecule has 3 aromatic rings. The Morgan fingerprint density at radius 3 is 2.64 bits per heavy atom. The average Bonchev–Trinajstić information content (AvgIpc) is 3.41. The quantitative estimate of drug-likeness (QED) is 0.694. The van der Waals surface area contributed by atoms with Crippen LogP contribution in [0.1, 0.15) is 24.2 Å². The molecule has 0 unspecified atom stereocenters. The van der Waals surface area contributed by atoms with Crippen molar-refractivity contribution in [3.63, 3.8) is 0 Å². The van der Waals surface area contributed by atoms with E-state index in [0.717, 1.165) is 42.5 Å². The summed E-state index contributed by atoms with van der Waals surface area (Å²) < 4.78 is 5.60. The molecule has 140 valence electrons. The number of rotatable bonds is 5. The maximum atomic E-state index is 12.0. The second-order valence-electron chi connectivity index (χ2n) is 6.72. The van der Waals surface area contributed by atoms with Crippen molar-refractivity contribution in [1.82, 2.24) is 14.9 Å². The van der Waals surface area contributed by atoms with Gasteiger partial charge in [-0.1, -0.05) is 24.3 Å². The summed E-state index contributed by atoms with van der Waals surface area (Å²) in [7, 11) is 0. The number of carbonyl (C=O) groups excluding carboxylic acids is 1. The summed E-state index contributed by atoms with van der Waals surface area (Å²) in [4.78, 5) is 21.5. The molecule has 0 atom stereocenters. The van der Waals surface area contributed by atoms with E-state index in [-0.39, 0.29) is 12.5 Å². The maximum Gasteiger partial charge on any atom is 0.260 e. The number of para-hydroxylation sites is 2. The largest absolute Gasteiger partial charge is 0.484 e. The van der Waals surface area contributed by atoms with Gasteiger partial charge in [-0.25, -0.2) is 4.98 Å². The number of likely N-dealkylation sites (tertiary alicyclic amines) is 1. The molecule has 1 aromatic heterocycles. The summed E-state index contributed by atoms with van der Waals surface area (Å²) in [5.74, 6) is 1.20. The number of nitrogens with one attached hydrogen (secondary N) is 1. The van der Waals surface area contributed by atoms with Gasteiger partial charge in [0.15, 0.2) is 6.61 Å². The van der Waals surface area contributed by atoms with Crippen LogP contribution in [0, 0.1) is 11.3 Å². The van der Waals surface area contributed by atoms with Crippen molar-refractivity contribution in [2.75, 3.05) is 19.7 Å². The number of nitriles is 1. The lowest BCUT2D eigenvalue weighted by molar-refractivity contribution is -0.132.